The molecule has 3 N–H and O–H groups in total. The molecule has 0 aliphatic rings. The molecule has 3 amide bonds. The first kappa shape index (κ1) is 26.2. The molecule has 0 aliphatic carbocycles. The average Bonchev–Trinajstić information content (AvgIpc) is 2.86. The largest absolute Gasteiger partial charge is 0.493 e. The number of anilines is 2. The number of carbonyl (C=O) groups is 3. The highest BCUT2D eigenvalue weighted by atomic mass is 35.5. The highest BCUT2D eigenvalue weighted by Gasteiger charge is 2.15. The zero-order valence-electron chi connectivity index (χ0n) is 19.9. The normalized spacial score (nSPS) is 10.6. The molecule has 0 saturated carbocycles. The molecule has 0 atom stereocenters. The van der Waals surface area contributed by atoms with Crippen molar-refractivity contribution in [2.45, 2.75) is 13.8 Å². The molecule has 9 nitrogen and oxygen atoms in total. The fraction of sp³-hybridized carbons (Fsp3) is 0.154. The molecule has 0 spiro atoms. The minimum Gasteiger partial charge on any atom is -0.493 e. The van der Waals surface area contributed by atoms with Gasteiger partial charge in [-0.15, -0.1) is 0 Å². The van der Waals surface area contributed by atoms with E-state index in [-0.39, 0.29) is 6.61 Å². The fourth-order valence-corrected chi connectivity index (χ4v) is 3.36. The third-order valence-electron chi connectivity index (χ3n) is 5.00. The van der Waals surface area contributed by atoms with Crippen LogP contribution >= 0.6 is 11.6 Å². The minimum atomic E-state index is -0.912. The number of rotatable bonds is 8. The summed E-state index contributed by atoms with van der Waals surface area (Å²) >= 11 is 6.04. The summed E-state index contributed by atoms with van der Waals surface area (Å²) in [5.41, 5.74) is 5.51. The number of methoxy groups -OCH3 is 1. The maximum Gasteiger partial charge on any atom is 0.329 e. The first-order chi connectivity index (χ1) is 17.3. The maximum absolute atomic E-state index is 12.2. The molecule has 0 radical (unpaired) electrons. The fourth-order valence-electron chi connectivity index (χ4n) is 3.17. The van der Waals surface area contributed by atoms with Crippen molar-refractivity contribution in [2.24, 2.45) is 5.10 Å². The quantitative estimate of drug-likeness (QED) is 0.241. The van der Waals surface area contributed by atoms with Crippen molar-refractivity contribution in [3.63, 3.8) is 0 Å². The number of hydrazone groups is 1. The van der Waals surface area contributed by atoms with Crippen LogP contribution in [0.3, 0.4) is 0 Å². The van der Waals surface area contributed by atoms with Gasteiger partial charge < -0.3 is 20.1 Å². The molecule has 0 heterocycles. The van der Waals surface area contributed by atoms with Crippen molar-refractivity contribution >= 4 is 46.9 Å². The van der Waals surface area contributed by atoms with Crippen LogP contribution in [0.2, 0.25) is 5.02 Å². The topological polar surface area (TPSA) is 118 Å². The summed E-state index contributed by atoms with van der Waals surface area (Å²) < 4.78 is 10.9. The predicted octanol–water partition coefficient (Wildman–Crippen LogP) is 4.07. The molecule has 0 aliphatic heterocycles. The number of aryl methyl sites for hydroxylation is 2. The number of amides is 3. The number of benzene rings is 3. The molecule has 0 aromatic heterocycles. The Balaban J connectivity index is 1.55. The average molecular weight is 509 g/mol. The summed E-state index contributed by atoms with van der Waals surface area (Å²) in [6.45, 7) is 3.41. The highest BCUT2D eigenvalue weighted by Crippen LogP contribution is 2.28. The van der Waals surface area contributed by atoms with E-state index in [1.807, 2.05) is 32.0 Å². The molecule has 10 heteroatoms. The summed E-state index contributed by atoms with van der Waals surface area (Å²) in [6, 6.07) is 17.3. The Hall–Kier alpha value is -4.37. The highest BCUT2D eigenvalue weighted by molar-refractivity contribution is 6.39. The molecule has 0 saturated heterocycles. The Morgan fingerprint density at radius 2 is 1.64 bits per heavy atom. The lowest BCUT2D eigenvalue weighted by atomic mass is 10.1. The van der Waals surface area contributed by atoms with E-state index in [4.69, 9.17) is 21.1 Å². The number of para-hydroxylation sites is 2. The van der Waals surface area contributed by atoms with Crippen LogP contribution in [-0.4, -0.2) is 37.7 Å². The lowest BCUT2D eigenvalue weighted by molar-refractivity contribution is -0.136. The monoisotopic (exact) mass is 508 g/mol. The summed E-state index contributed by atoms with van der Waals surface area (Å²) in [4.78, 5) is 36.5. The van der Waals surface area contributed by atoms with Gasteiger partial charge in [0.15, 0.2) is 18.1 Å². The Kier molecular flexibility index (Phi) is 9.01. The minimum absolute atomic E-state index is 0.263. The van der Waals surface area contributed by atoms with E-state index in [0.717, 1.165) is 11.1 Å². The Morgan fingerprint density at radius 3 is 2.33 bits per heavy atom. The van der Waals surface area contributed by atoms with Crippen molar-refractivity contribution in [1.82, 2.24) is 5.43 Å². The smallest absolute Gasteiger partial charge is 0.329 e. The lowest BCUT2D eigenvalue weighted by Crippen LogP contribution is -2.32. The summed E-state index contributed by atoms with van der Waals surface area (Å²) in [6.07, 6.45) is 1.35. The molecule has 0 unspecified atom stereocenters. The number of hydrogen-bond acceptors (Lipinski definition) is 6. The molecule has 0 bridgehead atoms. The SMILES string of the molecule is COc1cc(/C=N\NC(=O)C(=O)Nc2c(C)cccc2C)ccc1OCC(=O)Nc1ccccc1Cl. The second-order valence-corrected chi connectivity index (χ2v) is 8.05. The second-order valence-electron chi connectivity index (χ2n) is 7.65. The second kappa shape index (κ2) is 12.4. The Labute approximate surface area is 213 Å². The van der Waals surface area contributed by atoms with Crippen molar-refractivity contribution in [3.8, 4) is 11.5 Å². The zero-order chi connectivity index (χ0) is 26.1. The van der Waals surface area contributed by atoms with Crippen LogP contribution in [0.5, 0.6) is 11.5 Å². The number of carbonyl (C=O) groups excluding carboxylic acids is 3. The number of nitrogens with one attached hydrogen (secondary N) is 3. The molecule has 3 aromatic carbocycles. The first-order valence-electron chi connectivity index (χ1n) is 10.8. The van der Waals surface area contributed by atoms with Crippen LogP contribution in [0.4, 0.5) is 11.4 Å². The maximum atomic E-state index is 12.2. The third-order valence-corrected chi connectivity index (χ3v) is 5.33. The van der Waals surface area contributed by atoms with Gasteiger partial charge in [0, 0.05) is 5.69 Å². The molecule has 36 heavy (non-hydrogen) atoms. The molecule has 3 rings (SSSR count). The van der Waals surface area contributed by atoms with Gasteiger partial charge in [-0.25, -0.2) is 5.43 Å². The Morgan fingerprint density at radius 1 is 0.917 bits per heavy atom. The summed E-state index contributed by atoms with van der Waals surface area (Å²) in [7, 11) is 1.45. The molecular weight excluding hydrogens is 484 g/mol. The van der Waals surface area contributed by atoms with E-state index < -0.39 is 17.7 Å². The van der Waals surface area contributed by atoms with Crippen molar-refractivity contribution < 1.29 is 23.9 Å². The van der Waals surface area contributed by atoms with Gasteiger partial charge in [0.05, 0.1) is 24.0 Å². The van der Waals surface area contributed by atoms with Crippen LogP contribution in [-0.2, 0) is 14.4 Å². The zero-order valence-corrected chi connectivity index (χ0v) is 20.7. The van der Waals surface area contributed by atoms with Crippen LogP contribution in [0, 0.1) is 13.8 Å². The van der Waals surface area contributed by atoms with Gasteiger partial charge in [-0.1, -0.05) is 41.9 Å². The van der Waals surface area contributed by atoms with E-state index in [1.165, 1.54) is 13.3 Å². The van der Waals surface area contributed by atoms with Crippen molar-refractivity contribution in [2.75, 3.05) is 24.4 Å². The van der Waals surface area contributed by atoms with Gasteiger partial charge in [0.1, 0.15) is 0 Å². The number of nitrogens with zero attached hydrogens (tertiary/aromatic N) is 1. The van der Waals surface area contributed by atoms with Crippen LogP contribution < -0.4 is 25.5 Å². The molecule has 186 valence electrons. The van der Waals surface area contributed by atoms with Gasteiger partial charge in [-0.3, -0.25) is 14.4 Å². The summed E-state index contributed by atoms with van der Waals surface area (Å²) in [5, 5.41) is 9.50. The molecule has 0 fully saturated rings. The predicted molar refractivity (Wildman–Crippen MR) is 139 cm³/mol. The summed E-state index contributed by atoms with van der Waals surface area (Å²) in [5.74, 6) is -1.45. The molecule has 3 aromatic rings. The van der Waals surface area contributed by atoms with Gasteiger partial charge in [0.25, 0.3) is 5.91 Å². The van der Waals surface area contributed by atoms with E-state index in [1.54, 1.807) is 42.5 Å². The third kappa shape index (κ3) is 7.07. The van der Waals surface area contributed by atoms with E-state index in [2.05, 4.69) is 21.2 Å². The lowest BCUT2D eigenvalue weighted by Gasteiger charge is -2.12. The first-order valence-corrected chi connectivity index (χ1v) is 11.2. The van der Waals surface area contributed by atoms with E-state index in [0.29, 0.717) is 33.5 Å². The van der Waals surface area contributed by atoms with Crippen LogP contribution in [0.25, 0.3) is 0 Å². The van der Waals surface area contributed by atoms with Crippen LogP contribution in [0.1, 0.15) is 16.7 Å². The van der Waals surface area contributed by atoms with E-state index >= 15 is 0 Å². The van der Waals surface area contributed by atoms with Crippen LogP contribution in [0.15, 0.2) is 65.8 Å². The number of hydrogen-bond donors (Lipinski definition) is 3. The van der Waals surface area contributed by atoms with Gasteiger partial charge in [-0.05, 0) is 60.9 Å². The van der Waals surface area contributed by atoms with Crippen molar-refractivity contribution in [3.05, 3.63) is 82.4 Å². The van der Waals surface area contributed by atoms with E-state index in [9.17, 15) is 14.4 Å². The Bertz CT molecular complexity index is 1290. The number of ether oxygens (including phenoxy) is 2. The van der Waals surface area contributed by atoms with Gasteiger partial charge >= 0.3 is 11.8 Å². The molecular formula is C26H25ClN4O5. The van der Waals surface area contributed by atoms with Crippen molar-refractivity contribution in [1.29, 1.82) is 0 Å². The number of halogens is 1. The standard InChI is InChI=1S/C26H25ClN4O5/c1-16-7-6-8-17(2)24(16)30-25(33)26(34)31-28-14-18-11-12-21(22(13-18)35-3)36-15-23(32)29-20-10-5-4-9-19(20)27/h4-14H,15H2,1-3H3,(H,29,32)(H,30,33)(H,31,34)/b28-14-. The van der Waals surface area contributed by atoms with Gasteiger partial charge in [-0.2, -0.15) is 5.10 Å². The van der Waals surface area contributed by atoms with Gasteiger partial charge in [0.2, 0.25) is 0 Å².